The van der Waals surface area contributed by atoms with Crippen molar-refractivity contribution in [1.29, 1.82) is 0 Å². The normalized spacial score (nSPS) is 10.4. The van der Waals surface area contributed by atoms with E-state index in [9.17, 15) is 4.79 Å². The smallest absolute Gasteiger partial charge is 0.496 e. The van der Waals surface area contributed by atoms with Crippen molar-refractivity contribution in [3.63, 3.8) is 0 Å². The number of rotatable bonds is 5. The van der Waals surface area contributed by atoms with Crippen molar-refractivity contribution < 1.29 is 33.1 Å². The molecule has 0 saturated heterocycles. The van der Waals surface area contributed by atoms with Crippen LogP contribution < -0.4 is 33.6 Å². The zero-order valence-electron chi connectivity index (χ0n) is 13.7. The number of hydrogen-bond donors (Lipinski definition) is 0. The van der Waals surface area contributed by atoms with E-state index < -0.39 is 0 Å². The summed E-state index contributed by atoms with van der Waals surface area (Å²) in [5.74, 6) is 1.21. The summed E-state index contributed by atoms with van der Waals surface area (Å²) >= 11 is 0. The molecule has 0 aliphatic heterocycles. The number of hydrogen-bond acceptors (Lipinski definition) is 3. The van der Waals surface area contributed by atoms with Crippen molar-refractivity contribution in [2.24, 2.45) is 0 Å². The van der Waals surface area contributed by atoms with Gasteiger partial charge in [-0.15, -0.1) is 0 Å². The maximum atomic E-state index is 12.7. The van der Waals surface area contributed by atoms with Crippen LogP contribution in [0, 0.1) is 13.8 Å². The van der Waals surface area contributed by atoms with Crippen molar-refractivity contribution in [3.05, 3.63) is 53.1 Å². The maximum Gasteiger partial charge on any atom is 1.00 e. The average Bonchev–Trinajstić information content (AvgIpc) is 2.47. The Labute approximate surface area is 145 Å². The first-order chi connectivity index (χ1) is 10.1. The van der Waals surface area contributed by atoms with Crippen LogP contribution in [0.15, 0.2) is 36.4 Å². The Balaban J connectivity index is 0.00000242. The molecule has 22 heavy (non-hydrogen) atoms. The SMILES string of the molecule is COc1c(C)cc(C)c(OC)c1C(=O)Pc1ccccc1.[Li+]. The summed E-state index contributed by atoms with van der Waals surface area (Å²) in [6.45, 7) is 3.88. The number of methoxy groups -OCH3 is 2. The molecule has 0 N–H and O–H groups in total. The molecule has 5 heteroatoms. The van der Waals surface area contributed by atoms with Crippen LogP contribution in [-0.4, -0.2) is 19.7 Å². The van der Waals surface area contributed by atoms with E-state index in [0.717, 1.165) is 16.4 Å². The van der Waals surface area contributed by atoms with Gasteiger partial charge >= 0.3 is 18.9 Å². The van der Waals surface area contributed by atoms with E-state index in [-0.39, 0.29) is 33.0 Å². The first-order valence-electron chi connectivity index (χ1n) is 6.67. The van der Waals surface area contributed by atoms with Gasteiger partial charge < -0.3 is 9.47 Å². The predicted molar refractivity (Wildman–Crippen MR) is 87.7 cm³/mol. The number of ether oxygens (including phenoxy) is 2. The molecule has 0 heterocycles. The molecule has 0 aromatic heterocycles. The minimum absolute atomic E-state index is 0. The van der Waals surface area contributed by atoms with E-state index in [2.05, 4.69) is 0 Å². The number of carbonyl (C=O) groups excluding carboxylic acids is 1. The van der Waals surface area contributed by atoms with Crippen molar-refractivity contribution in [3.8, 4) is 11.5 Å². The topological polar surface area (TPSA) is 35.5 Å². The molecule has 2 aromatic rings. The fraction of sp³-hybridized carbons (Fsp3) is 0.235. The molecule has 3 nitrogen and oxygen atoms in total. The van der Waals surface area contributed by atoms with Crippen molar-refractivity contribution in [2.75, 3.05) is 14.2 Å². The summed E-state index contributed by atoms with van der Waals surface area (Å²) in [4.78, 5) is 12.7. The van der Waals surface area contributed by atoms with Crippen LogP contribution in [0.4, 0.5) is 0 Å². The summed E-state index contributed by atoms with van der Waals surface area (Å²) in [5.41, 5.74) is 2.45. The monoisotopic (exact) mass is 309 g/mol. The van der Waals surface area contributed by atoms with Crippen molar-refractivity contribution in [1.82, 2.24) is 0 Å². The molecule has 0 amide bonds. The maximum absolute atomic E-state index is 12.7. The number of benzene rings is 2. The zero-order valence-corrected chi connectivity index (χ0v) is 14.7. The first-order valence-corrected chi connectivity index (χ1v) is 7.67. The molecule has 1 atom stereocenters. The standard InChI is InChI=1S/C17H19O3P.Li/c1-11-10-12(2)16(20-4)14(15(11)19-3)17(18)21-13-8-6-5-7-9-13;/h5-10,21H,1-4H3;/q;+1. The van der Waals surface area contributed by atoms with Gasteiger partial charge in [0.15, 0.2) is 5.52 Å². The third kappa shape index (κ3) is 3.93. The van der Waals surface area contributed by atoms with E-state index in [1.165, 1.54) is 0 Å². The van der Waals surface area contributed by atoms with E-state index >= 15 is 0 Å². The average molecular weight is 309 g/mol. The van der Waals surface area contributed by atoms with Crippen LogP contribution in [0.25, 0.3) is 0 Å². The summed E-state index contributed by atoms with van der Waals surface area (Å²) in [6, 6.07) is 11.7. The molecule has 1 unspecified atom stereocenters. The molecule has 0 spiro atoms. The van der Waals surface area contributed by atoms with Gasteiger partial charge in [-0.05, 0) is 44.9 Å². The molecule has 0 saturated carbocycles. The summed E-state index contributed by atoms with van der Waals surface area (Å²) in [6.07, 6.45) is 0. The predicted octanol–water partition coefficient (Wildman–Crippen LogP) is 0.469. The van der Waals surface area contributed by atoms with Crippen LogP contribution >= 0.6 is 8.58 Å². The Kier molecular flexibility index (Phi) is 7.17. The van der Waals surface area contributed by atoms with Crippen LogP contribution in [0.5, 0.6) is 11.5 Å². The third-order valence-electron chi connectivity index (χ3n) is 3.27. The van der Waals surface area contributed by atoms with Crippen LogP contribution in [0.3, 0.4) is 0 Å². The van der Waals surface area contributed by atoms with E-state index in [4.69, 9.17) is 9.47 Å². The number of aryl methyl sites for hydroxylation is 2. The van der Waals surface area contributed by atoms with Gasteiger partial charge in [-0.3, -0.25) is 4.79 Å². The second-order valence-electron chi connectivity index (χ2n) is 4.77. The minimum atomic E-state index is 0. The fourth-order valence-corrected chi connectivity index (χ4v) is 3.37. The Hall–Kier alpha value is -1.26. The molecule has 0 aliphatic rings. The van der Waals surface area contributed by atoms with Crippen molar-refractivity contribution in [2.45, 2.75) is 13.8 Å². The minimum Gasteiger partial charge on any atom is -0.496 e. The fourth-order valence-electron chi connectivity index (χ4n) is 2.40. The Morgan fingerprint density at radius 1 is 0.955 bits per heavy atom. The van der Waals surface area contributed by atoms with Crippen LogP contribution in [0.2, 0.25) is 0 Å². The Bertz CT molecular complexity index is 628. The van der Waals surface area contributed by atoms with Gasteiger partial charge in [0, 0.05) is 0 Å². The second kappa shape index (κ2) is 8.39. The summed E-state index contributed by atoms with van der Waals surface area (Å²) in [5, 5.41) is 1.01. The van der Waals surface area contributed by atoms with Crippen LogP contribution in [0.1, 0.15) is 21.5 Å². The summed E-state index contributed by atoms with van der Waals surface area (Å²) in [7, 11) is 3.21. The first kappa shape index (κ1) is 18.8. The van der Waals surface area contributed by atoms with Gasteiger partial charge in [-0.1, -0.05) is 30.3 Å². The molecular weight excluding hydrogens is 290 g/mol. The van der Waals surface area contributed by atoms with E-state index in [1.54, 1.807) is 14.2 Å². The largest absolute Gasteiger partial charge is 1.00 e. The van der Waals surface area contributed by atoms with Crippen molar-refractivity contribution >= 4 is 19.4 Å². The third-order valence-corrected chi connectivity index (χ3v) is 4.37. The molecular formula is C17H19LiO3P+. The second-order valence-corrected chi connectivity index (χ2v) is 6.05. The van der Waals surface area contributed by atoms with Gasteiger partial charge in [-0.2, -0.15) is 0 Å². The van der Waals surface area contributed by atoms with Gasteiger partial charge in [0.2, 0.25) is 0 Å². The number of carbonyl (C=O) groups is 1. The Morgan fingerprint density at radius 3 is 1.91 bits per heavy atom. The van der Waals surface area contributed by atoms with E-state index in [0.29, 0.717) is 17.1 Å². The Morgan fingerprint density at radius 2 is 1.45 bits per heavy atom. The molecule has 110 valence electrons. The van der Waals surface area contributed by atoms with Crippen LogP contribution in [-0.2, 0) is 0 Å². The molecule has 0 bridgehead atoms. The molecule has 0 radical (unpaired) electrons. The zero-order chi connectivity index (χ0) is 15.4. The van der Waals surface area contributed by atoms with E-state index in [1.807, 2.05) is 50.2 Å². The van der Waals surface area contributed by atoms with Gasteiger partial charge in [-0.25, -0.2) is 0 Å². The molecule has 0 aliphatic carbocycles. The molecule has 2 rings (SSSR count). The van der Waals surface area contributed by atoms with Gasteiger partial charge in [0.25, 0.3) is 0 Å². The quantitative estimate of drug-likeness (QED) is 0.595. The molecule has 2 aromatic carbocycles. The van der Waals surface area contributed by atoms with Gasteiger partial charge in [0.05, 0.1) is 14.2 Å². The van der Waals surface area contributed by atoms with Gasteiger partial charge in [0.1, 0.15) is 17.1 Å². The summed E-state index contributed by atoms with van der Waals surface area (Å²) < 4.78 is 10.9. The molecule has 0 fully saturated rings.